The smallest absolute Gasteiger partial charge is 0.252 e. The van der Waals surface area contributed by atoms with E-state index in [2.05, 4.69) is 46.1 Å². The summed E-state index contributed by atoms with van der Waals surface area (Å²) in [6.45, 7) is 8.66. The number of nitrogens with one attached hydrogen (secondary N) is 1. The van der Waals surface area contributed by atoms with Gasteiger partial charge in [0.15, 0.2) is 0 Å². The van der Waals surface area contributed by atoms with Crippen molar-refractivity contribution >= 4 is 11.7 Å². The third-order valence-corrected chi connectivity index (χ3v) is 5.61. The zero-order valence-corrected chi connectivity index (χ0v) is 17.7. The molecular weight excluding hydrogens is 364 g/mol. The number of hydrogen-bond donors (Lipinski definition) is 1. The molecule has 1 atom stereocenters. The Bertz CT molecular complexity index is 784. The monoisotopic (exact) mass is 396 g/mol. The highest BCUT2D eigenvalue weighted by molar-refractivity contribution is 5.94. The van der Waals surface area contributed by atoms with Crippen LogP contribution < -0.4 is 15.0 Å². The van der Waals surface area contributed by atoms with Crippen LogP contribution in [0.4, 0.5) is 5.82 Å². The van der Waals surface area contributed by atoms with E-state index in [-0.39, 0.29) is 11.9 Å². The number of benzene rings is 1. The number of likely N-dealkylation sites (tertiary alicyclic amines) is 1. The van der Waals surface area contributed by atoms with E-state index in [0.29, 0.717) is 12.1 Å². The second-order valence-corrected chi connectivity index (χ2v) is 7.32. The minimum atomic E-state index is -0.0873. The Balaban J connectivity index is 1.69. The van der Waals surface area contributed by atoms with Crippen LogP contribution in [0.1, 0.15) is 48.7 Å². The molecule has 1 unspecified atom stereocenters. The van der Waals surface area contributed by atoms with E-state index < -0.39 is 0 Å². The number of pyridine rings is 1. The summed E-state index contributed by atoms with van der Waals surface area (Å²) in [7, 11) is 1.68. The predicted octanol–water partition coefficient (Wildman–Crippen LogP) is 3.50. The first-order valence-corrected chi connectivity index (χ1v) is 10.5. The van der Waals surface area contributed by atoms with E-state index in [1.54, 1.807) is 13.3 Å². The summed E-state index contributed by atoms with van der Waals surface area (Å²) in [5.41, 5.74) is 1.76. The molecular formula is C23H32N4O2. The molecule has 1 fully saturated rings. The summed E-state index contributed by atoms with van der Waals surface area (Å²) < 4.78 is 5.39. The van der Waals surface area contributed by atoms with Gasteiger partial charge < -0.3 is 15.0 Å². The Morgan fingerprint density at radius 1 is 1.21 bits per heavy atom. The zero-order valence-electron chi connectivity index (χ0n) is 17.7. The van der Waals surface area contributed by atoms with Gasteiger partial charge in [0.1, 0.15) is 11.6 Å². The second kappa shape index (κ2) is 10.3. The van der Waals surface area contributed by atoms with Crippen molar-refractivity contribution in [3.8, 4) is 5.75 Å². The summed E-state index contributed by atoms with van der Waals surface area (Å²) in [6, 6.07) is 12.0. The largest absolute Gasteiger partial charge is 0.497 e. The third-order valence-electron chi connectivity index (χ3n) is 5.61. The molecule has 1 saturated heterocycles. The van der Waals surface area contributed by atoms with Crippen LogP contribution in [0.5, 0.6) is 5.75 Å². The number of amides is 1. The number of rotatable bonds is 9. The first-order chi connectivity index (χ1) is 14.2. The molecule has 0 aliphatic carbocycles. The van der Waals surface area contributed by atoms with Gasteiger partial charge in [-0.25, -0.2) is 4.98 Å². The summed E-state index contributed by atoms with van der Waals surface area (Å²) in [6.07, 6.45) is 4.07. The van der Waals surface area contributed by atoms with Gasteiger partial charge in [0.2, 0.25) is 0 Å². The van der Waals surface area contributed by atoms with Crippen LogP contribution in [-0.4, -0.2) is 55.6 Å². The van der Waals surface area contributed by atoms with Crippen LogP contribution in [0.25, 0.3) is 0 Å². The highest BCUT2D eigenvalue weighted by Crippen LogP contribution is 2.27. The highest BCUT2D eigenvalue weighted by atomic mass is 16.5. The molecule has 3 rings (SSSR count). The molecule has 0 spiro atoms. The Hall–Kier alpha value is -2.60. The molecule has 1 amide bonds. The fourth-order valence-electron chi connectivity index (χ4n) is 3.91. The Morgan fingerprint density at radius 2 is 1.97 bits per heavy atom. The molecule has 0 saturated carbocycles. The fraction of sp³-hybridized carbons (Fsp3) is 0.478. The lowest BCUT2D eigenvalue weighted by Gasteiger charge is -2.28. The molecule has 156 valence electrons. The topological polar surface area (TPSA) is 57.7 Å². The van der Waals surface area contributed by atoms with E-state index in [4.69, 9.17) is 4.74 Å². The molecule has 1 aliphatic heterocycles. The van der Waals surface area contributed by atoms with Gasteiger partial charge >= 0.3 is 0 Å². The first kappa shape index (κ1) is 21.1. The summed E-state index contributed by atoms with van der Waals surface area (Å²) in [5, 5.41) is 3.11. The molecule has 6 nitrogen and oxygen atoms in total. The highest BCUT2D eigenvalue weighted by Gasteiger charge is 2.24. The predicted molar refractivity (Wildman–Crippen MR) is 117 cm³/mol. The quantitative estimate of drug-likeness (QED) is 0.703. The van der Waals surface area contributed by atoms with Crippen LogP contribution in [0, 0.1) is 0 Å². The lowest BCUT2D eigenvalue weighted by atomic mass is 10.0. The molecule has 2 aromatic rings. The summed E-state index contributed by atoms with van der Waals surface area (Å²) in [4.78, 5) is 21.8. The fourth-order valence-corrected chi connectivity index (χ4v) is 3.91. The Morgan fingerprint density at radius 3 is 2.59 bits per heavy atom. The second-order valence-electron chi connectivity index (χ2n) is 7.32. The van der Waals surface area contributed by atoms with Crippen LogP contribution in [0.15, 0.2) is 42.6 Å². The van der Waals surface area contributed by atoms with E-state index >= 15 is 0 Å². The van der Waals surface area contributed by atoms with Gasteiger partial charge in [-0.3, -0.25) is 9.69 Å². The van der Waals surface area contributed by atoms with Crippen molar-refractivity contribution in [1.82, 2.24) is 15.2 Å². The number of ether oxygens (including phenoxy) is 1. The van der Waals surface area contributed by atoms with Crippen LogP contribution in [0.2, 0.25) is 0 Å². The number of methoxy groups -OCH3 is 1. The zero-order chi connectivity index (χ0) is 20.6. The van der Waals surface area contributed by atoms with Crippen molar-refractivity contribution in [3.63, 3.8) is 0 Å². The number of anilines is 1. The van der Waals surface area contributed by atoms with Gasteiger partial charge in [-0.05, 0) is 69.6 Å². The minimum Gasteiger partial charge on any atom is -0.497 e. The van der Waals surface area contributed by atoms with Crippen molar-refractivity contribution in [2.45, 2.75) is 32.7 Å². The molecule has 2 heterocycles. The first-order valence-electron chi connectivity index (χ1n) is 10.5. The maximum Gasteiger partial charge on any atom is 0.252 e. The maximum atomic E-state index is 12.7. The molecule has 6 heteroatoms. The van der Waals surface area contributed by atoms with Crippen LogP contribution in [0.3, 0.4) is 0 Å². The molecule has 1 aromatic heterocycles. The lowest BCUT2D eigenvalue weighted by Crippen LogP contribution is -2.36. The van der Waals surface area contributed by atoms with Crippen molar-refractivity contribution < 1.29 is 9.53 Å². The maximum absolute atomic E-state index is 12.7. The number of aromatic nitrogens is 1. The average molecular weight is 397 g/mol. The average Bonchev–Trinajstić information content (AvgIpc) is 3.30. The van der Waals surface area contributed by atoms with Gasteiger partial charge in [0.05, 0.1) is 18.7 Å². The van der Waals surface area contributed by atoms with E-state index in [1.165, 1.54) is 18.4 Å². The number of carbonyl (C=O) groups excluding carboxylic acids is 1. The van der Waals surface area contributed by atoms with Crippen molar-refractivity contribution in [3.05, 3.63) is 53.7 Å². The van der Waals surface area contributed by atoms with Gasteiger partial charge in [0.25, 0.3) is 5.91 Å². The van der Waals surface area contributed by atoms with E-state index in [0.717, 1.165) is 37.7 Å². The van der Waals surface area contributed by atoms with E-state index in [1.807, 2.05) is 24.3 Å². The Labute approximate surface area is 173 Å². The SMILES string of the molecule is CCN(CC)c1ccc(C(=O)NCC(c2cccc(OC)c2)N2CCCC2)cn1. The van der Waals surface area contributed by atoms with Gasteiger partial charge in [-0.15, -0.1) is 0 Å². The standard InChI is InChI=1S/C23H32N4O2/c1-4-26(5-2)22-12-11-19(16-24-22)23(28)25-17-21(27-13-6-7-14-27)18-9-8-10-20(15-18)29-3/h8-12,15-16,21H,4-7,13-14,17H2,1-3H3,(H,25,28). The van der Waals surface area contributed by atoms with Gasteiger partial charge in [0, 0.05) is 25.8 Å². The number of nitrogens with zero attached hydrogens (tertiary/aromatic N) is 3. The minimum absolute atomic E-state index is 0.0873. The molecule has 29 heavy (non-hydrogen) atoms. The number of hydrogen-bond acceptors (Lipinski definition) is 5. The summed E-state index contributed by atoms with van der Waals surface area (Å²) in [5.74, 6) is 1.66. The molecule has 1 N–H and O–H groups in total. The number of carbonyl (C=O) groups is 1. The van der Waals surface area contributed by atoms with E-state index in [9.17, 15) is 4.79 Å². The summed E-state index contributed by atoms with van der Waals surface area (Å²) >= 11 is 0. The third kappa shape index (κ3) is 5.26. The van der Waals surface area contributed by atoms with Gasteiger partial charge in [-0.2, -0.15) is 0 Å². The van der Waals surface area contributed by atoms with Crippen molar-refractivity contribution in [2.24, 2.45) is 0 Å². The molecule has 1 aromatic carbocycles. The van der Waals surface area contributed by atoms with Crippen molar-refractivity contribution in [2.75, 3.05) is 44.7 Å². The normalized spacial score (nSPS) is 15.1. The molecule has 0 bridgehead atoms. The van der Waals surface area contributed by atoms with Crippen LogP contribution in [-0.2, 0) is 0 Å². The molecule has 1 aliphatic rings. The molecule has 0 radical (unpaired) electrons. The lowest BCUT2D eigenvalue weighted by molar-refractivity contribution is 0.0937. The van der Waals surface area contributed by atoms with Gasteiger partial charge in [-0.1, -0.05) is 12.1 Å². The van der Waals surface area contributed by atoms with Crippen LogP contribution >= 0.6 is 0 Å². The Kier molecular flexibility index (Phi) is 7.47. The van der Waals surface area contributed by atoms with Crippen molar-refractivity contribution in [1.29, 1.82) is 0 Å².